The molecule has 0 spiro atoms. The molecule has 0 aromatic carbocycles. The van der Waals surface area contributed by atoms with Crippen LogP contribution >= 0.6 is 0 Å². The van der Waals surface area contributed by atoms with Crippen LogP contribution in [0.4, 0.5) is 0 Å². The van der Waals surface area contributed by atoms with E-state index in [-0.39, 0.29) is 0 Å². The highest BCUT2D eigenvalue weighted by Gasteiger charge is 2.43. The molecule has 0 aromatic heterocycles. The van der Waals surface area contributed by atoms with Crippen LogP contribution < -0.4 is 0 Å². The minimum Gasteiger partial charge on any atom is -0.390 e. The third-order valence-electron chi connectivity index (χ3n) is 5.22. The molecule has 0 aliphatic heterocycles. The van der Waals surface area contributed by atoms with Crippen molar-refractivity contribution in [3.8, 4) is 0 Å². The third-order valence-corrected chi connectivity index (χ3v) is 5.22. The molecule has 3 N–H and O–H groups in total. The van der Waals surface area contributed by atoms with Gasteiger partial charge < -0.3 is 15.3 Å². The SMILES string of the molecule is CCCCCCCCCCCCCCC(O)C(C)(O)C(C)(C)O. The van der Waals surface area contributed by atoms with Crippen molar-refractivity contribution in [3.63, 3.8) is 0 Å². The van der Waals surface area contributed by atoms with Gasteiger partial charge in [0.1, 0.15) is 5.60 Å². The zero-order valence-electron chi connectivity index (χ0n) is 16.1. The van der Waals surface area contributed by atoms with Crippen LogP contribution in [0.25, 0.3) is 0 Å². The Bertz CT molecular complexity index is 269. The summed E-state index contributed by atoms with van der Waals surface area (Å²) in [4.78, 5) is 0. The highest BCUT2D eigenvalue weighted by Crippen LogP contribution is 2.27. The Morgan fingerprint density at radius 2 is 1.00 bits per heavy atom. The molecule has 0 heterocycles. The lowest BCUT2D eigenvalue weighted by Gasteiger charge is -2.39. The predicted molar refractivity (Wildman–Crippen MR) is 98.6 cm³/mol. The van der Waals surface area contributed by atoms with E-state index in [0.717, 1.165) is 12.8 Å². The molecule has 0 radical (unpaired) electrons. The fourth-order valence-corrected chi connectivity index (χ4v) is 2.87. The molecular formula is C20H42O3. The zero-order valence-corrected chi connectivity index (χ0v) is 16.1. The van der Waals surface area contributed by atoms with Crippen molar-refractivity contribution in [1.29, 1.82) is 0 Å². The van der Waals surface area contributed by atoms with Crippen LogP contribution in [-0.4, -0.2) is 32.6 Å². The van der Waals surface area contributed by atoms with Crippen LogP contribution in [0.15, 0.2) is 0 Å². The molecule has 23 heavy (non-hydrogen) atoms. The van der Waals surface area contributed by atoms with E-state index < -0.39 is 17.3 Å². The normalized spacial score (nSPS) is 16.3. The van der Waals surface area contributed by atoms with E-state index in [0.29, 0.717) is 6.42 Å². The second-order valence-corrected chi connectivity index (χ2v) is 7.90. The van der Waals surface area contributed by atoms with E-state index in [1.54, 1.807) is 13.8 Å². The second-order valence-electron chi connectivity index (χ2n) is 7.90. The van der Waals surface area contributed by atoms with Gasteiger partial charge in [0.25, 0.3) is 0 Å². The summed E-state index contributed by atoms with van der Waals surface area (Å²) in [5.41, 5.74) is -2.74. The van der Waals surface area contributed by atoms with Crippen molar-refractivity contribution >= 4 is 0 Å². The summed E-state index contributed by atoms with van der Waals surface area (Å²) in [5, 5.41) is 30.2. The number of aliphatic hydroxyl groups is 3. The lowest BCUT2D eigenvalue weighted by Crippen LogP contribution is -2.55. The summed E-state index contributed by atoms with van der Waals surface area (Å²) >= 11 is 0. The molecule has 0 aromatic rings. The first-order chi connectivity index (χ1) is 10.7. The molecule has 0 aliphatic carbocycles. The van der Waals surface area contributed by atoms with Crippen LogP contribution in [0, 0.1) is 0 Å². The third kappa shape index (κ3) is 10.4. The summed E-state index contributed by atoms with van der Waals surface area (Å²) in [6.07, 6.45) is 15.1. The van der Waals surface area contributed by atoms with E-state index in [9.17, 15) is 15.3 Å². The molecule has 0 saturated carbocycles. The maximum atomic E-state index is 10.2. The molecular weight excluding hydrogens is 288 g/mol. The summed E-state index contributed by atoms with van der Waals surface area (Å²) < 4.78 is 0. The largest absolute Gasteiger partial charge is 0.390 e. The first-order valence-corrected chi connectivity index (χ1v) is 9.86. The molecule has 0 rings (SSSR count). The Morgan fingerprint density at radius 3 is 1.35 bits per heavy atom. The monoisotopic (exact) mass is 330 g/mol. The molecule has 0 bridgehead atoms. The topological polar surface area (TPSA) is 60.7 Å². The highest BCUT2D eigenvalue weighted by atomic mass is 16.4. The van der Waals surface area contributed by atoms with Gasteiger partial charge >= 0.3 is 0 Å². The van der Waals surface area contributed by atoms with Crippen molar-refractivity contribution < 1.29 is 15.3 Å². The van der Waals surface area contributed by atoms with Gasteiger partial charge in [-0.15, -0.1) is 0 Å². The second kappa shape index (κ2) is 12.3. The standard InChI is InChI=1S/C20H42O3/c1-5-6-7-8-9-10-11-12-13-14-15-16-17-18(21)20(4,23)19(2,3)22/h18,21-23H,5-17H2,1-4H3. The minimum absolute atomic E-state index is 0.550. The minimum atomic E-state index is -1.45. The van der Waals surface area contributed by atoms with Gasteiger partial charge in [0.15, 0.2) is 0 Å². The van der Waals surface area contributed by atoms with E-state index in [2.05, 4.69) is 6.92 Å². The Hall–Kier alpha value is -0.120. The number of hydrogen-bond acceptors (Lipinski definition) is 3. The number of unbranched alkanes of at least 4 members (excludes halogenated alkanes) is 11. The molecule has 2 atom stereocenters. The number of hydrogen-bond donors (Lipinski definition) is 3. The smallest absolute Gasteiger partial charge is 0.116 e. The van der Waals surface area contributed by atoms with Gasteiger partial charge in [0, 0.05) is 0 Å². The first kappa shape index (κ1) is 22.9. The van der Waals surface area contributed by atoms with Crippen LogP contribution in [0.3, 0.4) is 0 Å². The predicted octanol–water partition coefficient (Wildman–Crippen LogP) is 4.96. The quantitative estimate of drug-likeness (QED) is 0.372. The maximum absolute atomic E-state index is 10.2. The van der Waals surface area contributed by atoms with Gasteiger partial charge in [-0.05, 0) is 27.2 Å². The van der Waals surface area contributed by atoms with Gasteiger partial charge in [-0.25, -0.2) is 0 Å². The van der Waals surface area contributed by atoms with Crippen molar-refractivity contribution in [2.45, 2.75) is 128 Å². The van der Waals surface area contributed by atoms with Crippen LogP contribution in [0.5, 0.6) is 0 Å². The van der Waals surface area contributed by atoms with E-state index in [1.807, 2.05) is 0 Å². The average Bonchev–Trinajstić information content (AvgIpc) is 2.47. The first-order valence-electron chi connectivity index (χ1n) is 9.86. The van der Waals surface area contributed by atoms with Crippen molar-refractivity contribution in [1.82, 2.24) is 0 Å². The van der Waals surface area contributed by atoms with Crippen molar-refractivity contribution in [3.05, 3.63) is 0 Å². The Balaban J connectivity index is 3.46. The van der Waals surface area contributed by atoms with Crippen LogP contribution in [-0.2, 0) is 0 Å². The number of rotatable bonds is 15. The number of aliphatic hydroxyl groups excluding tert-OH is 1. The van der Waals surface area contributed by atoms with E-state index in [1.165, 1.54) is 71.1 Å². The zero-order chi connectivity index (χ0) is 17.8. The molecule has 0 saturated heterocycles. The summed E-state index contributed by atoms with van der Waals surface area (Å²) in [7, 11) is 0. The molecule has 0 aliphatic rings. The molecule has 3 nitrogen and oxygen atoms in total. The summed E-state index contributed by atoms with van der Waals surface area (Å²) in [5.74, 6) is 0. The lowest BCUT2D eigenvalue weighted by atomic mass is 9.81. The van der Waals surface area contributed by atoms with E-state index in [4.69, 9.17) is 0 Å². The van der Waals surface area contributed by atoms with Crippen LogP contribution in [0.1, 0.15) is 111 Å². The molecule has 0 fully saturated rings. The molecule has 3 heteroatoms. The van der Waals surface area contributed by atoms with Gasteiger partial charge in [-0.2, -0.15) is 0 Å². The summed E-state index contributed by atoms with van der Waals surface area (Å²) in [6, 6.07) is 0. The van der Waals surface area contributed by atoms with Gasteiger partial charge in [0.05, 0.1) is 11.7 Å². The molecule has 0 amide bonds. The van der Waals surface area contributed by atoms with Crippen LogP contribution in [0.2, 0.25) is 0 Å². The summed E-state index contributed by atoms with van der Waals surface area (Å²) in [6.45, 7) is 6.85. The van der Waals surface area contributed by atoms with Gasteiger partial charge in [0.2, 0.25) is 0 Å². The van der Waals surface area contributed by atoms with Crippen molar-refractivity contribution in [2.75, 3.05) is 0 Å². The fraction of sp³-hybridized carbons (Fsp3) is 1.00. The Morgan fingerprint density at radius 1 is 0.652 bits per heavy atom. The Kier molecular flexibility index (Phi) is 12.2. The average molecular weight is 331 g/mol. The fourth-order valence-electron chi connectivity index (χ4n) is 2.87. The molecule has 2 unspecified atom stereocenters. The highest BCUT2D eigenvalue weighted by molar-refractivity contribution is 4.95. The van der Waals surface area contributed by atoms with Gasteiger partial charge in [-0.3, -0.25) is 0 Å². The van der Waals surface area contributed by atoms with Crippen molar-refractivity contribution in [2.24, 2.45) is 0 Å². The maximum Gasteiger partial charge on any atom is 0.116 e. The Labute approximate surface area is 144 Å². The van der Waals surface area contributed by atoms with Gasteiger partial charge in [-0.1, -0.05) is 84.0 Å². The lowest BCUT2D eigenvalue weighted by molar-refractivity contribution is -0.178. The molecule has 140 valence electrons. The van der Waals surface area contributed by atoms with E-state index >= 15 is 0 Å².